The van der Waals surface area contributed by atoms with Gasteiger partial charge in [-0.05, 0) is 29.7 Å². The van der Waals surface area contributed by atoms with Crippen LogP contribution in [-0.4, -0.2) is 21.0 Å². The van der Waals surface area contributed by atoms with Gasteiger partial charge in [0.1, 0.15) is 0 Å². The van der Waals surface area contributed by atoms with Crippen LogP contribution in [0.5, 0.6) is 0 Å². The van der Waals surface area contributed by atoms with E-state index >= 15 is 0 Å². The predicted molar refractivity (Wildman–Crippen MR) is 64.0 cm³/mol. The van der Waals surface area contributed by atoms with Crippen LogP contribution < -0.4 is 0 Å². The van der Waals surface area contributed by atoms with Crippen molar-refractivity contribution in [3.63, 3.8) is 0 Å². The largest absolute Gasteiger partial charge is 0.392 e. The van der Waals surface area contributed by atoms with Crippen molar-refractivity contribution in [3.8, 4) is 0 Å². The molecule has 2 unspecified atom stereocenters. The van der Waals surface area contributed by atoms with Crippen LogP contribution in [0.25, 0.3) is 0 Å². The molecule has 2 rings (SSSR count). The summed E-state index contributed by atoms with van der Waals surface area (Å²) in [4.78, 5) is 0. The van der Waals surface area contributed by atoms with Gasteiger partial charge < -0.3 is 5.11 Å². The van der Waals surface area contributed by atoms with Crippen molar-refractivity contribution in [3.05, 3.63) is 18.0 Å². The quantitative estimate of drug-likeness (QED) is 0.851. The van der Waals surface area contributed by atoms with E-state index in [4.69, 9.17) is 0 Å². The van der Waals surface area contributed by atoms with Crippen LogP contribution in [0, 0.1) is 11.3 Å². The Bertz CT molecular complexity index is 357. The average Bonchev–Trinajstić information content (AvgIpc) is 2.72. The SMILES string of the molecule is Cn1cc(CC(O)C2CCCC2(C)C)cn1. The fourth-order valence-electron chi connectivity index (χ4n) is 3.03. The lowest BCUT2D eigenvalue weighted by Gasteiger charge is -2.31. The molecule has 1 fully saturated rings. The van der Waals surface area contributed by atoms with Gasteiger partial charge in [0.2, 0.25) is 0 Å². The zero-order valence-corrected chi connectivity index (χ0v) is 10.5. The molecule has 3 nitrogen and oxygen atoms in total. The molecule has 90 valence electrons. The first-order chi connectivity index (χ1) is 7.49. The number of aliphatic hydroxyl groups is 1. The number of aromatic nitrogens is 2. The minimum Gasteiger partial charge on any atom is -0.392 e. The molecule has 3 heteroatoms. The standard InChI is InChI=1S/C13H22N2O/c1-13(2)6-4-5-11(13)12(16)7-10-8-14-15(3)9-10/h8-9,11-12,16H,4-7H2,1-3H3. The van der Waals surface area contributed by atoms with E-state index in [0.717, 1.165) is 18.4 Å². The van der Waals surface area contributed by atoms with Gasteiger partial charge in [0.05, 0.1) is 12.3 Å². The third kappa shape index (κ3) is 2.29. The average molecular weight is 222 g/mol. The maximum absolute atomic E-state index is 10.3. The molecule has 1 heterocycles. The molecule has 1 aliphatic rings. The van der Waals surface area contributed by atoms with Gasteiger partial charge in [-0.25, -0.2) is 0 Å². The molecule has 0 spiro atoms. The van der Waals surface area contributed by atoms with E-state index in [1.54, 1.807) is 4.68 Å². The predicted octanol–water partition coefficient (Wildman–Crippen LogP) is 2.15. The Hall–Kier alpha value is -0.830. The molecular formula is C13H22N2O. The summed E-state index contributed by atoms with van der Waals surface area (Å²) in [5.74, 6) is 0.438. The van der Waals surface area contributed by atoms with Crippen LogP contribution in [0.15, 0.2) is 12.4 Å². The number of hydrogen-bond acceptors (Lipinski definition) is 2. The van der Waals surface area contributed by atoms with E-state index in [9.17, 15) is 5.11 Å². The first-order valence-electron chi connectivity index (χ1n) is 6.14. The first kappa shape index (κ1) is 11.6. The molecule has 1 N–H and O–H groups in total. The fourth-order valence-corrected chi connectivity index (χ4v) is 3.03. The van der Waals surface area contributed by atoms with Crippen molar-refractivity contribution in [2.75, 3.05) is 0 Å². The van der Waals surface area contributed by atoms with Crippen molar-refractivity contribution < 1.29 is 5.11 Å². The van der Waals surface area contributed by atoms with E-state index in [-0.39, 0.29) is 6.10 Å². The van der Waals surface area contributed by atoms with Crippen LogP contribution in [0.3, 0.4) is 0 Å². The van der Waals surface area contributed by atoms with Gasteiger partial charge >= 0.3 is 0 Å². The second-order valence-corrected chi connectivity index (χ2v) is 5.78. The minimum absolute atomic E-state index is 0.221. The highest BCUT2D eigenvalue weighted by Gasteiger charge is 2.38. The maximum atomic E-state index is 10.3. The molecule has 0 aliphatic heterocycles. The van der Waals surface area contributed by atoms with Gasteiger partial charge in [-0.3, -0.25) is 4.68 Å². The van der Waals surface area contributed by atoms with Gasteiger partial charge in [0.25, 0.3) is 0 Å². The highest BCUT2D eigenvalue weighted by molar-refractivity contribution is 5.06. The Morgan fingerprint density at radius 1 is 1.62 bits per heavy atom. The number of aliphatic hydroxyl groups excluding tert-OH is 1. The second kappa shape index (κ2) is 4.21. The Balaban J connectivity index is 2.00. The second-order valence-electron chi connectivity index (χ2n) is 5.78. The lowest BCUT2D eigenvalue weighted by atomic mass is 9.77. The number of hydrogen-bond donors (Lipinski definition) is 1. The van der Waals surface area contributed by atoms with Crippen LogP contribution in [0.2, 0.25) is 0 Å². The van der Waals surface area contributed by atoms with E-state index < -0.39 is 0 Å². The lowest BCUT2D eigenvalue weighted by molar-refractivity contribution is 0.0543. The van der Waals surface area contributed by atoms with Gasteiger partial charge in [0.15, 0.2) is 0 Å². The van der Waals surface area contributed by atoms with E-state index in [0.29, 0.717) is 11.3 Å². The summed E-state index contributed by atoms with van der Waals surface area (Å²) in [6.07, 6.45) is 8.01. The molecule has 0 saturated heterocycles. The zero-order valence-electron chi connectivity index (χ0n) is 10.5. The highest BCUT2D eigenvalue weighted by Crippen LogP contribution is 2.44. The maximum Gasteiger partial charge on any atom is 0.0614 e. The van der Waals surface area contributed by atoms with Crippen LogP contribution >= 0.6 is 0 Å². The summed E-state index contributed by atoms with van der Waals surface area (Å²) in [7, 11) is 1.91. The topological polar surface area (TPSA) is 38.0 Å². The van der Waals surface area contributed by atoms with Crippen LogP contribution in [0.1, 0.15) is 38.7 Å². The molecule has 2 atom stereocenters. The summed E-state index contributed by atoms with van der Waals surface area (Å²) < 4.78 is 1.79. The van der Waals surface area contributed by atoms with E-state index in [2.05, 4.69) is 18.9 Å². The van der Waals surface area contributed by atoms with Gasteiger partial charge in [-0.1, -0.05) is 20.3 Å². The van der Waals surface area contributed by atoms with Crippen molar-refractivity contribution in [2.24, 2.45) is 18.4 Å². The molecule has 0 amide bonds. The Morgan fingerprint density at radius 2 is 2.38 bits per heavy atom. The summed E-state index contributed by atoms with van der Waals surface area (Å²) in [6.45, 7) is 4.55. The molecule has 16 heavy (non-hydrogen) atoms. The highest BCUT2D eigenvalue weighted by atomic mass is 16.3. The van der Waals surface area contributed by atoms with Crippen molar-refractivity contribution in [1.29, 1.82) is 0 Å². The summed E-state index contributed by atoms with van der Waals surface area (Å²) >= 11 is 0. The van der Waals surface area contributed by atoms with Gasteiger partial charge in [-0.15, -0.1) is 0 Å². The zero-order chi connectivity index (χ0) is 11.8. The summed E-state index contributed by atoms with van der Waals surface area (Å²) in [5, 5.41) is 14.4. The van der Waals surface area contributed by atoms with Crippen molar-refractivity contribution >= 4 is 0 Å². The molecule has 0 aromatic carbocycles. The van der Waals surface area contributed by atoms with Crippen LogP contribution in [0.4, 0.5) is 0 Å². The van der Waals surface area contributed by atoms with E-state index in [1.807, 2.05) is 19.4 Å². The normalized spacial score (nSPS) is 25.9. The lowest BCUT2D eigenvalue weighted by Crippen LogP contribution is -2.31. The third-order valence-electron chi connectivity index (χ3n) is 4.01. The fraction of sp³-hybridized carbons (Fsp3) is 0.769. The number of nitrogens with zero attached hydrogens (tertiary/aromatic N) is 2. The van der Waals surface area contributed by atoms with Crippen molar-refractivity contribution in [2.45, 2.75) is 45.6 Å². The molecule has 1 aliphatic carbocycles. The van der Waals surface area contributed by atoms with Crippen molar-refractivity contribution in [1.82, 2.24) is 9.78 Å². The smallest absolute Gasteiger partial charge is 0.0614 e. The molecular weight excluding hydrogens is 200 g/mol. The summed E-state index contributed by atoms with van der Waals surface area (Å²) in [5.41, 5.74) is 1.43. The van der Waals surface area contributed by atoms with Crippen LogP contribution in [-0.2, 0) is 13.5 Å². The monoisotopic (exact) mass is 222 g/mol. The minimum atomic E-state index is -0.221. The molecule has 0 radical (unpaired) electrons. The third-order valence-corrected chi connectivity index (χ3v) is 4.01. The first-order valence-corrected chi connectivity index (χ1v) is 6.14. The number of rotatable bonds is 3. The summed E-state index contributed by atoms with van der Waals surface area (Å²) in [6, 6.07) is 0. The Kier molecular flexibility index (Phi) is 3.06. The number of aryl methyl sites for hydroxylation is 1. The molecule has 1 saturated carbocycles. The Labute approximate surface area is 97.5 Å². The molecule has 1 aromatic heterocycles. The Morgan fingerprint density at radius 3 is 2.88 bits per heavy atom. The van der Waals surface area contributed by atoms with Gasteiger partial charge in [-0.2, -0.15) is 5.10 Å². The molecule has 0 bridgehead atoms. The van der Waals surface area contributed by atoms with Gasteiger partial charge in [0, 0.05) is 19.7 Å². The van der Waals surface area contributed by atoms with E-state index in [1.165, 1.54) is 12.8 Å². The molecule has 1 aromatic rings.